The summed E-state index contributed by atoms with van der Waals surface area (Å²) in [6, 6.07) is 5.37. The third-order valence-corrected chi connectivity index (χ3v) is 3.31. The van der Waals surface area contributed by atoms with E-state index in [0.29, 0.717) is 35.6 Å². The van der Waals surface area contributed by atoms with Crippen LogP contribution in [-0.2, 0) is 12.7 Å². The Morgan fingerprint density at radius 2 is 1.87 bits per heavy atom. The summed E-state index contributed by atoms with van der Waals surface area (Å²) in [6.45, 7) is 6.06. The Hall–Kier alpha value is -2.15. The zero-order valence-electron chi connectivity index (χ0n) is 13.1. The van der Waals surface area contributed by atoms with E-state index in [9.17, 15) is 18.3 Å². The molecule has 7 heteroatoms. The molecule has 23 heavy (non-hydrogen) atoms. The van der Waals surface area contributed by atoms with E-state index in [4.69, 9.17) is 0 Å². The lowest BCUT2D eigenvalue weighted by molar-refractivity contribution is -0.137. The molecule has 1 aromatic carbocycles. The minimum atomic E-state index is -4.50. The first kappa shape index (κ1) is 17.2. The van der Waals surface area contributed by atoms with Gasteiger partial charge in [-0.1, -0.05) is 13.8 Å². The first-order valence-electron chi connectivity index (χ1n) is 7.15. The van der Waals surface area contributed by atoms with E-state index in [1.807, 2.05) is 13.8 Å². The van der Waals surface area contributed by atoms with Gasteiger partial charge in [-0.05, 0) is 36.8 Å². The van der Waals surface area contributed by atoms with Gasteiger partial charge in [0.1, 0.15) is 5.75 Å². The molecule has 2 N–H and O–H groups in total. The number of nitrogens with one attached hydrogen (secondary N) is 1. The number of aromatic nitrogens is 2. The first-order valence-corrected chi connectivity index (χ1v) is 7.15. The van der Waals surface area contributed by atoms with Crippen molar-refractivity contribution in [3.8, 4) is 17.0 Å². The summed E-state index contributed by atoms with van der Waals surface area (Å²) < 4.78 is 38.2. The van der Waals surface area contributed by atoms with Crippen molar-refractivity contribution in [2.24, 2.45) is 0 Å². The lowest BCUT2D eigenvalue weighted by Gasteiger charge is -2.13. The fourth-order valence-electron chi connectivity index (χ4n) is 2.16. The third-order valence-electron chi connectivity index (χ3n) is 3.31. The maximum absolute atomic E-state index is 12.7. The largest absolute Gasteiger partial charge is 0.507 e. The van der Waals surface area contributed by atoms with Gasteiger partial charge in [-0.25, -0.2) is 0 Å². The third kappa shape index (κ3) is 4.19. The molecule has 1 heterocycles. The number of aryl methyl sites for hydroxylation is 1. The fraction of sp³-hybridized carbons (Fsp3) is 0.375. The summed E-state index contributed by atoms with van der Waals surface area (Å²) in [6.07, 6.45) is -4.50. The standard InChI is InChI=1S/C16H18F3N3O/c1-9(2)20-8-12-4-5-13(22-21-12)15-10(3)6-11(7-14(15)23)16(17,18)19/h4-7,9,20,23H,8H2,1-3H3. The van der Waals surface area contributed by atoms with Crippen LogP contribution in [-0.4, -0.2) is 21.3 Å². The van der Waals surface area contributed by atoms with E-state index in [2.05, 4.69) is 15.5 Å². The summed E-state index contributed by atoms with van der Waals surface area (Å²) in [5.41, 5.74) is 0.712. The molecule has 4 nitrogen and oxygen atoms in total. The first-order chi connectivity index (χ1) is 10.7. The second kappa shape index (κ2) is 6.54. The number of phenols is 1. The van der Waals surface area contributed by atoms with Crippen LogP contribution < -0.4 is 5.32 Å². The van der Waals surface area contributed by atoms with Crippen molar-refractivity contribution in [2.75, 3.05) is 0 Å². The molecule has 0 amide bonds. The molecule has 0 aliphatic heterocycles. The zero-order valence-corrected chi connectivity index (χ0v) is 13.1. The van der Waals surface area contributed by atoms with Crippen LogP contribution in [0.2, 0.25) is 0 Å². The molecule has 0 aliphatic rings. The maximum atomic E-state index is 12.7. The molecule has 0 aliphatic carbocycles. The van der Waals surface area contributed by atoms with Crippen LogP contribution in [0.25, 0.3) is 11.3 Å². The van der Waals surface area contributed by atoms with E-state index >= 15 is 0 Å². The Morgan fingerprint density at radius 3 is 2.35 bits per heavy atom. The average Bonchev–Trinajstić information content (AvgIpc) is 2.44. The van der Waals surface area contributed by atoms with Crippen molar-refractivity contribution in [1.29, 1.82) is 0 Å². The maximum Gasteiger partial charge on any atom is 0.416 e. The summed E-state index contributed by atoms with van der Waals surface area (Å²) in [5.74, 6) is -0.459. The molecule has 0 saturated heterocycles. The molecule has 2 aromatic rings. The summed E-state index contributed by atoms with van der Waals surface area (Å²) in [5, 5.41) is 21.2. The number of rotatable bonds is 4. The minimum absolute atomic E-state index is 0.258. The van der Waals surface area contributed by atoms with Crippen LogP contribution in [0.4, 0.5) is 13.2 Å². The van der Waals surface area contributed by atoms with Gasteiger partial charge in [-0.15, -0.1) is 0 Å². The van der Waals surface area contributed by atoms with Gasteiger partial charge in [0.2, 0.25) is 0 Å². The number of halogens is 3. The second-order valence-electron chi connectivity index (χ2n) is 5.63. The van der Waals surface area contributed by atoms with Gasteiger partial charge in [0.25, 0.3) is 0 Å². The Kier molecular flexibility index (Phi) is 4.89. The lowest BCUT2D eigenvalue weighted by atomic mass is 10.0. The average molecular weight is 325 g/mol. The van der Waals surface area contributed by atoms with Crippen molar-refractivity contribution in [1.82, 2.24) is 15.5 Å². The molecular weight excluding hydrogens is 307 g/mol. The van der Waals surface area contributed by atoms with Gasteiger partial charge in [0, 0.05) is 18.2 Å². The quantitative estimate of drug-likeness (QED) is 0.900. The van der Waals surface area contributed by atoms with Crippen molar-refractivity contribution < 1.29 is 18.3 Å². The van der Waals surface area contributed by atoms with Crippen LogP contribution in [0.5, 0.6) is 5.75 Å². The number of alkyl halides is 3. The summed E-state index contributed by atoms with van der Waals surface area (Å²) >= 11 is 0. The Balaban J connectivity index is 2.32. The molecule has 0 spiro atoms. The highest BCUT2D eigenvalue weighted by Gasteiger charge is 2.32. The van der Waals surface area contributed by atoms with Crippen LogP contribution >= 0.6 is 0 Å². The minimum Gasteiger partial charge on any atom is -0.507 e. The van der Waals surface area contributed by atoms with Crippen molar-refractivity contribution in [3.63, 3.8) is 0 Å². The van der Waals surface area contributed by atoms with Crippen molar-refractivity contribution in [3.05, 3.63) is 41.1 Å². The van der Waals surface area contributed by atoms with E-state index in [0.717, 1.165) is 6.07 Å². The molecule has 0 unspecified atom stereocenters. The van der Waals surface area contributed by atoms with Crippen LogP contribution in [0.3, 0.4) is 0 Å². The summed E-state index contributed by atoms with van der Waals surface area (Å²) in [4.78, 5) is 0. The lowest BCUT2D eigenvalue weighted by Crippen LogP contribution is -2.22. The van der Waals surface area contributed by atoms with Gasteiger partial charge in [-0.3, -0.25) is 0 Å². The monoisotopic (exact) mass is 325 g/mol. The van der Waals surface area contributed by atoms with Gasteiger partial charge in [-0.2, -0.15) is 23.4 Å². The topological polar surface area (TPSA) is 58.0 Å². The van der Waals surface area contributed by atoms with Crippen molar-refractivity contribution >= 4 is 0 Å². The van der Waals surface area contributed by atoms with Crippen LogP contribution in [0, 0.1) is 6.92 Å². The second-order valence-corrected chi connectivity index (χ2v) is 5.63. The molecule has 0 fully saturated rings. The number of nitrogens with zero attached hydrogens (tertiary/aromatic N) is 2. The van der Waals surface area contributed by atoms with Gasteiger partial charge in [0.15, 0.2) is 0 Å². The van der Waals surface area contributed by atoms with Gasteiger partial charge < -0.3 is 10.4 Å². The highest BCUT2D eigenvalue weighted by atomic mass is 19.4. The Labute approximate surface area is 132 Å². The van der Waals surface area contributed by atoms with Gasteiger partial charge in [0.05, 0.1) is 17.0 Å². The normalized spacial score (nSPS) is 12.0. The predicted octanol–water partition coefficient (Wildman–Crippen LogP) is 3.67. The van der Waals surface area contributed by atoms with Gasteiger partial charge >= 0.3 is 6.18 Å². The van der Waals surface area contributed by atoms with E-state index in [1.54, 1.807) is 12.1 Å². The number of aromatic hydroxyl groups is 1. The molecule has 124 valence electrons. The smallest absolute Gasteiger partial charge is 0.416 e. The number of hydrogen-bond donors (Lipinski definition) is 2. The van der Waals surface area contributed by atoms with Crippen LogP contribution in [0.15, 0.2) is 24.3 Å². The predicted molar refractivity (Wildman–Crippen MR) is 80.8 cm³/mol. The Morgan fingerprint density at radius 1 is 1.17 bits per heavy atom. The highest BCUT2D eigenvalue weighted by molar-refractivity contribution is 5.71. The summed E-state index contributed by atoms with van der Waals surface area (Å²) in [7, 11) is 0. The molecule has 2 rings (SSSR count). The Bertz CT molecular complexity index is 659. The number of phenolic OH excluding ortho intramolecular Hbond substituents is 1. The number of hydrogen-bond acceptors (Lipinski definition) is 4. The van der Waals surface area contributed by atoms with Crippen LogP contribution in [0.1, 0.15) is 30.7 Å². The highest BCUT2D eigenvalue weighted by Crippen LogP contribution is 2.38. The molecule has 0 radical (unpaired) electrons. The number of benzene rings is 1. The molecule has 1 aromatic heterocycles. The molecule has 0 atom stereocenters. The fourth-order valence-corrected chi connectivity index (χ4v) is 2.16. The molecular formula is C16H18F3N3O. The molecule has 0 saturated carbocycles. The molecule has 0 bridgehead atoms. The van der Waals surface area contributed by atoms with E-state index in [1.165, 1.54) is 6.92 Å². The van der Waals surface area contributed by atoms with E-state index < -0.39 is 17.5 Å². The SMILES string of the molecule is Cc1cc(C(F)(F)F)cc(O)c1-c1ccc(CNC(C)C)nn1. The zero-order chi connectivity index (χ0) is 17.2. The van der Waals surface area contributed by atoms with Crippen molar-refractivity contribution in [2.45, 2.75) is 39.5 Å². The van der Waals surface area contributed by atoms with E-state index in [-0.39, 0.29) is 5.56 Å².